The van der Waals surface area contributed by atoms with Crippen LogP contribution in [0, 0.1) is 0 Å². The molecule has 0 bridgehead atoms. The molecule has 7 heteroatoms. The zero-order valence-electron chi connectivity index (χ0n) is 14.2. The Labute approximate surface area is 158 Å². The monoisotopic (exact) mass is 374 g/mol. The molecule has 0 atom stereocenters. The fourth-order valence-electron chi connectivity index (χ4n) is 2.72. The van der Waals surface area contributed by atoms with Gasteiger partial charge in [-0.1, -0.05) is 30.3 Å². The maximum absolute atomic E-state index is 6.10. The smallest absolute Gasteiger partial charge is 0.220 e. The molecule has 0 saturated carbocycles. The Kier molecular flexibility index (Phi) is 5.98. The van der Waals surface area contributed by atoms with Gasteiger partial charge in [0, 0.05) is 16.3 Å². The number of aliphatic imine (C=N–C) groups is 2. The molecule has 0 radical (unpaired) electrons. The second-order valence-corrected chi connectivity index (χ2v) is 7.09. The van der Waals surface area contributed by atoms with Gasteiger partial charge in [0.1, 0.15) is 5.66 Å². The standard InChI is InChI=1S/C18H21N5S.ClH/c1-18(2)22-16(19)21-17(20)23(18)14-8-6-7-13(11-14)12-24-15-9-4-3-5-10-15;/h3-11H,12H2,1-2H3,(H4,19,20,21,22);1H/p-1. The van der Waals surface area contributed by atoms with Gasteiger partial charge >= 0.3 is 0 Å². The largest absolute Gasteiger partial charge is 1.00 e. The van der Waals surface area contributed by atoms with Crippen molar-refractivity contribution in [2.24, 2.45) is 21.5 Å². The Bertz CT molecular complexity index is 789. The van der Waals surface area contributed by atoms with Crippen LogP contribution in [0.3, 0.4) is 0 Å². The summed E-state index contributed by atoms with van der Waals surface area (Å²) in [5.74, 6) is 1.46. The highest BCUT2D eigenvalue weighted by Gasteiger charge is 2.32. The van der Waals surface area contributed by atoms with Gasteiger partial charge in [0.2, 0.25) is 11.9 Å². The number of rotatable bonds is 4. The van der Waals surface area contributed by atoms with Crippen molar-refractivity contribution in [3.8, 4) is 0 Å². The van der Waals surface area contributed by atoms with Gasteiger partial charge < -0.3 is 23.9 Å². The third kappa shape index (κ3) is 4.46. The minimum absolute atomic E-state index is 0. The van der Waals surface area contributed by atoms with E-state index in [1.54, 1.807) is 11.8 Å². The predicted octanol–water partition coefficient (Wildman–Crippen LogP) is 0.168. The maximum Gasteiger partial charge on any atom is 0.220 e. The summed E-state index contributed by atoms with van der Waals surface area (Å²) < 4.78 is 0. The van der Waals surface area contributed by atoms with E-state index in [2.05, 4.69) is 46.4 Å². The molecule has 0 saturated heterocycles. The lowest BCUT2D eigenvalue weighted by Crippen LogP contribution is -3.00. The van der Waals surface area contributed by atoms with E-state index in [1.807, 2.05) is 36.9 Å². The molecule has 0 aromatic heterocycles. The van der Waals surface area contributed by atoms with E-state index in [1.165, 1.54) is 10.5 Å². The van der Waals surface area contributed by atoms with Gasteiger partial charge in [-0.3, -0.25) is 4.90 Å². The first-order chi connectivity index (χ1) is 11.5. The summed E-state index contributed by atoms with van der Waals surface area (Å²) in [6.07, 6.45) is 0. The molecule has 3 rings (SSSR count). The van der Waals surface area contributed by atoms with E-state index in [9.17, 15) is 0 Å². The second kappa shape index (κ2) is 7.80. The molecule has 1 aliphatic rings. The van der Waals surface area contributed by atoms with Crippen molar-refractivity contribution < 1.29 is 12.4 Å². The summed E-state index contributed by atoms with van der Waals surface area (Å²) in [5, 5.41) is 0. The number of thioether (sulfide) groups is 1. The number of guanidine groups is 2. The number of anilines is 1. The van der Waals surface area contributed by atoms with Crippen molar-refractivity contribution >= 4 is 29.4 Å². The molecule has 0 fully saturated rings. The first kappa shape index (κ1) is 19.1. The number of halogens is 1. The molecule has 4 N–H and O–H groups in total. The van der Waals surface area contributed by atoms with Crippen molar-refractivity contribution in [3.05, 3.63) is 60.2 Å². The average Bonchev–Trinajstić information content (AvgIpc) is 2.52. The quantitative estimate of drug-likeness (QED) is 0.747. The lowest BCUT2D eigenvalue weighted by molar-refractivity contribution is -0.00000580. The summed E-state index contributed by atoms with van der Waals surface area (Å²) in [6.45, 7) is 3.93. The molecular weight excluding hydrogens is 354 g/mol. The molecule has 132 valence electrons. The van der Waals surface area contributed by atoms with Gasteiger partial charge in [-0.25, -0.2) is 4.99 Å². The molecular formula is C18H21ClN5S-. The van der Waals surface area contributed by atoms with Crippen LogP contribution in [-0.2, 0) is 5.75 Å². The van der Waals surface area contributed by atoms with Gasteiger partial charge in [-0.15, -0.1) is 11.8 Å². The number of hydrogen-bond acceptors (Lipinski definition) is 6. The first-order valence-electron chi connectivity index (χ1n) is 7.72. The Hall–Kier alpha value is -2.18. The van der Waals surface area contributed by atoms with Crippen LogP contribution in [0.25, 0.3) is 0 Å². The Morgan fingerprint density at radius 2 is 1.76 bits per heavy atom. The molecule has 0 unspecified atom stereocenters. The van der Waals surface area contributed by atoms with Crippen LogP contribution in [0.5, 0.6) is 0 Å². The topological polar surface area (TPSA) is 80.0 Å². The van der Waals surface area contributed by atoms with Crippen molar-refractivity contribution in [2.45, 2.75) is 30.2 Å². The normalized spacial score (nSPS) is 15.8. The number of nitrogens with zero attached hydrogens (tertiary/aromatic N) is 3. The van der Waals surface area contributed by atoms with Gasteiger partial charge in [0.15, 0.2) is 0 Å². The molecule has 25 heavy (non-hydrogen) atoms. The molecule has 0 spiro atoms. The van der Waals surface area contributed by atoms with Crippen LogP contribution in [0.2, 0.25) is 0 Å². The maximum atomic E-state index is 6.10. The van der Waals surface area contributed by atoms with Crippen LogP contribution in [0.15, 0.2) is 69.5 Å². The fraction of sp³-hybridized carbons (Fsp3) is 0.222. The van der Waals surface area contributed by atoms with E-state index in [-0.39, 0.29) is 18.4 Å². The average molecular weight is 375 g/mol. The molecule has 1 aliphatic heterocycles. The highest BCUT2D eigenvalue weighted by atomic mass is 35.5. The third-order valence-electron chi connectivity index (χ3n) is 3.71. The molecule has 5 nitrogen and oxygen atoms in total. The van der Waals surface area contributed by atoms with Gasteiger partial charge in [-0.05, 0) is 43.7 Å². The van der Waals surface area contributed by atoms with E-state index < -0.39 is 5.66 Å². The molecule has 0 aliphatic carbocycles. The Balaban J connectivity index is 0.00000225. The van der Waals surface area contributed by atoms with Crippen LogP contribution in [0.4, 0.5) is 5.69 Å². The second-order valence-electron chi connectivity index (χ2n) is 6.04. The van der Waals surface area contributed by atoms with E-state index in [0.717, 1.165) is 11.4 Å². The van der Waals surface area contributed by atoms with Crippen LogP contribution in [-0.4, -0.2) is 17.6 Å². The van der Waals surface area contributed by atoms with E-state index in [0.29, 0.717) is 5.96 Å². The molecule has 2 aromatic rings. The molecule has 1 heterocycles. The first-order valence-corrected chi connectivity index (χ1v) is 8.71. The summed E-state index contributed by atoms with van der Waals surface area (Å²) in [4.78, 5) is 11.6. The van der Waals surface area contributed by atoms with E-state index >= 15 is 0 Å². The molecule has 0 amide bonds. The van der Waals surface area contributed by atoms with Gasteiger partial charge in [0.25, 0.3) is 0 Å². The summed E-state index contributed by atoms with van der Waals surface area (Å²) in [6, 6.07) is 18.6. The minimum atomic E-state index is -0.568. The minimum Gasteiger partial charge on any atom is -1.00 e. The van der Waals surface area contributed by atoms with Crippen molar-refractivity contribution in [3.63, 3.8) is 0 Å². The molecule has 2 aromatic carbocycles. The summed E-state index contributed by atoms with van der Waals surface area (Å²) >= 11 is 1.80. The van der Waals surface area contributed by atoms with Crippen molar-refractivity contribution in [1.29, 1.82) is 0 Å². The SMILES string of the molecule is CC1(C)N=C(N)N=C(N)N1c1cccc(CSc2ccccc2)c1.[Cl-]. The zero-order chi connectivity index (χ0) is 17.2. The van der Waals surface area contributed by atoms with Crippen LogP contribution < -0.4 is 28.8 Å². The number of benzene rings is 2. The number of hydrogen-bond donors (Lipinski definition) is 2. The lowest BCUT2D eigenvalue weighted by Gasteiger charge is -2.38. The summed E-state index contributed by atoms with van der Waals surface area (Å²) in [5.41, 5.74) is 13.4. The van der Waals surface area contributed by atoms with E-state index in [4.69, 9.17) is 11.5 Å². The predicted molar refractivity (Wildman–Crippen MR) is 102 cm³/mol. The highest BCUT2D eigenvalue weighted by Crippen LogP contribution is 2.30. The van der Waals surface area contributed by atoms with Crippen molar-refractivity contribution in [1.82, 2.24) is 0 Å². The number of nitrogens with two attached hydrogens (primary N) is 2. The lowest BCUT2D eigenvalue weighted by atomic mass is 10.1. The fourth-order valence-corrected chi connectivity index (χ4v) is 3.58. The van der Waals surface area contributed by atoms with Crippen LogP contribution >= 0.6 is 11.8 Å². The van der Waals surface area contributed by atoms with Gasteiger partial charge in [0.05, 0.1) is 0 Å². The Morgan fingerprint density at radius 3 is 2.44 bits per heavy atom. The zero-order valence-corrected chi connectivity index (χ0v) is 15.8. The van der Waals surface area contributed by atoms with Crippen molar-refractivity contribution in [2.75, 3.05) is 4.90 Å². The summed E-state index contributed by atoms with van der Waals surface area (Å²) in [7, 11) is 0. The van der Waals surface area contributed by atoms with Gasteiger partial charge in [-0.2, -0.15) is 4.99 Å². The third-order valence-corrected chi connectivity index (χ3v) is 4.79. The Morgan fingerprint density at radius 1 is 1.04 bits per heavy atom. The van der Waals surface area contributed by atoms with Crippen LogP contribution in [0.1, 0.15) is 19.4 Å². The highest BCUT2D eigenvalue weighted by molar-refractivity contribution is 7.98.